The lowest BCUT2D eigenvalue weighted by Crippen LogP contribution is -2.24. The zero-order chi connectivity index (χ0) is 15.5. The maximum absolute atomic E-state index is 5.40. The van der Waals surface area contributed by atoms with E-state index in [1.54, 1.807) is 0 Å². The Morgan fingerprint density at radius 1 is 1.09 bits per heavy atom. The average Bonchev–Trinajstić information content (AvgIpc) is 2.52. The van der Waals surface area contributed by atoms with Crippen LogP contribution in [0.5, 0.6) is 0 Å². The first-order valence-corrected chi connectivity index (χ1v) is 7.31. The fourth-order valence-corrected chi connectivity index (χ4v) is 2.85. The third kappa shape index (κ3) is 3.87. The second-order valence-electron chi connectivity index (χ2n) is 5.53. The van der Waals surface area contributed by atoms with E-state index in [-0.39, 0.29) is 18.4 Å². The molecule has 0 saturated heterocycles. The Balaban J connectivity index is 0.00000192. The molecule has 1 atom stereocenters. The van der Waals surface area contributed by atoms with E-state index < -0.39 is 0 Å². The van der Waals surface area contributed by atoms with Crippen LogP contribution in [-0.4, -0.2) is 16.7 Å². The molecule has 0 amide bonds. The van der Waals surface area contributed by atoms with E-state index in [2.05, 4.69) is 45.5 Å². The number of benzene rings is 1. The van der Waals surface area contributed by atoms with E-state index in [4.69, 9.17) is 11.5 Å². The van der Waals surface area contributed by atoms with Crippen molar-refractivity contribution >= 4 is 24.1 Å². The first-order chi connectivity index (χ1) is 10.6. The van der Waals surface area contributed by atoms with Gasteiger partial charge in [0.1, 0.15) is 0 Å². The average molecular weight is 330 g/mol. The SMILES string of the molecule is Cc1ccc2c(n1)CC(c1ccccc1)CC2=NN=C(N)N.Cl. The van der Waals surface area contributed by atoms with Crippen molar-refractivity contribution in [1.82, 2.24) is 4.98 Å². The van der Waals surface area contributed by atoms with Crippen LogP contribution >= 0.6 is 12.4 Å². The van der Waals surface area contributed by atoms with Crippen LogP contribution in [0.1, 0.15) is 34.9 Å². The summed E-state index contributed by atoms with van der Waals surface area (Å²) < 4.78 is 0. The minimum atomic E-state index is -0.0315. The lowest BCUT2D eigenvalue weighted by molar-refractivity contribution is 0.676. The summed E-state index contributed by atoms with van der Waals surface area (Å²) in [4.78, 5) is 4.67. The molecule has 1 heterocycles. The summed E-state index contributed by atoms with van der Waals surface area (Å²) in [6.07, 6.45) is 1.71. The van der Waals surface area contributed by atoms with Crippen molar-refractivity contribution in [2.75, 3.05) is 0 Å². The van der Waals surface area contributed by atoms with Crippen LogP contribution in [0.15, 0.2) is 52.7 Å². The Labute approximate surface area is 141 Å². The molecule has 120 valence electrons. The summed E-state index contributed by atoms with van der Waals surface area (Å²) >= 11 is 0. The van der Waals surface area contributed by atoms with Crippen LogP contribution < -0.4 is 11.5 Å². The van der Waals surface area contributed by atoms with Gasteiger partial charge in [0.15, 0.2) is 0 Å². The van der Waals surface area contributed by atoms with Crippen molar-refractivity contribution in [2.45, 2.75) is 25.7 Å². The summed E-state index contributed by atoms with van der Waals surface area (Å²) in [7, 11) is 0. The number of nitrogens with zero attached hydrogens (tertiary/aromatic N) is 3. The van der Waals surface area contributed by atoms with E-state index in [1.807, 2.05) is 19.1 Å². The Bertz CT molecular complexity index is 736. The monoisotopic (exact) mass is 329 g/mol. The van der Waals surface area contributed by atoms with Crippen LogP contribution in [0.3, 0.4) is 0 Å². The molecule has 6 heteroatoms. The van der Waals surface area contributed by atoms with Crippen molar-refractivity contribution in [3.05, 3.63) is 65.0 Å². The van der Waals surface area contributed by atoms with E-state index in [0.29, 0.717) is 5.92 Å². The van der Waals surface area contributed by atoms with Crippen molar-refractivity contribution < 1.29 is 0 Å². The molecule has 1 aromatic heterocycles. The Hall–Kier alpha value is -2.40. The smallest absolute Gasteiger partial charge is 0.211 e. The molecule has 0 aliphatic heterocycles. The lowest BCUT2D eigenvalue weighted by Gasteiger charge is -2.25. The van der Waals surface area contributed by atoms with Gasteiger partial charge in [-0.2, -0.15) is 5.10 Å². The van der Waals surface area contributed by atoms with Gasteiger partial charge in [-0.05, 0) is 43.4 Å². The van der Waals surface area contributed by atoms with Gasteiger partial charge in [0, 0.05) is 11.3 Å². The minimum absolute atomic E-state index is 0. The van der Waals surface area contributed by atoms with E-state index in [1.165, 1.54) is 5.56 Å². The zero-order valence-electron chi connectivity index (χ0n) is 12.9. The maximum atomic E-state index is 5.40. The van der Waals surface area contributed by atoms with Gasteiger partial charge in [-0.1, -0.05) is 30.3 Å². The zero-order valence-corrected chi connectivity index (χ0v) is 13.8. The number of nitrogens with two attached hydrogens (primary N) is 2. The van der Waals surface area contributed by atoms with Crippen molar-refractivity contribution in [3.8, 4) is 0 Å². The first kappa shape index (κ1) is 17.0. The number of aromatic nitrogens is 1. The molecule has 0 bridgehead atoms. The minimum Gasteiger partial charge on any atom is -0.369 e. The molecule has 5 nitrogen and oxygen atoms in total. The molecule has 0 fully saturated rings. The highest BCUT2D eigenvalue weighted by atomic mass is 35.5. The number of pyridine rings is 1. The van der Waals surface area contributed by atoms with Crippen LogP contribution in [0.25, 0.3) is 0 Å². The second kappa shape index (κ2) is 7.24. The molecule has 3 rings (SSSR count). The largest absolute Gasteiger partial charge is 0.369 e. The summed E-state index contributed by atoms with van der Waals surface area (Å²) in [6.45, 7) is 2.00. The van der Waals surface area contributed by atoms with Crippen LogP contribution in [0, 0.1) is 6.92 Å². The molecule has 2 aromatic rings. The van der Waals surface area contributed by atoms with Gasteiger partial charge >= 0.3 is 0 Å². The number of aryl methyl sites for hydroxylation is 1. The number of hydrogen-bond donors (Lipinski definition) is 2. The molecule has 23 heavy (non-hydrogen) atoms. The van der Waals surface area contributed by atoms with Crippen LogP contribution in [0.4, 0.5) is 0 Å². The predicted octanol–water partition coefficient (Wildman–Crippen LogP) is 2.52. The van der Waals surface area contributed by atoms with Gasteiger partial charge in [0.05, 0.1) is 11.4 Å². The molecular weight excluding hydrogens is 310 g/mol. The van der Waals surface area contributed by atoms with E-state index >= 15 is 0 Å². The summed E-state index contributed by atoms with van der Waals surface area (Å²) in [5.41, 5.74) is 16.1. The standard InChI is InChI=1S/C17H19N5.ClH/c1-11-7-8-14-15(20-11)9-13(12-5-3-2-4-6-12)10-16(14)21-22-17(18)19;/h2-8,13H,9-10H2,1H3,(H4,18,19,22);1H. The summed E-state index contributed by atoms with van der Waals surface area (Å²) in [5.74, 6) is 0.312. The highest BCUT2D eigenvalue weighted by molar-refractivity contribution is 6.03. The maximum Gasteiger partial charge on any atom is 0.211 e. The van der Waals surface area contributed by atoms with Crippen molar-refractivity contribution in [2.24, 2.45) is 21.7 Å². The lowest BCUT2D eigenvalue weighted by atomic mass is 9.81. The normalized spacial score (nSPS) is 18.0. The first-order valence-electron chi connectivity index (χ1n) is 7.31. The Kier molecular flexibility index (Phi) is 5.34. The second-order valence-corrected chi connectivity index (χ2v) is 5.53. The van der Waals surface area contributed by atoms with Crippen LogP contribution in [-0.2, 0) is 6.42 Å². The molecular formula is C17H20ClN5. The van der Waals surface area contributed by atoms with Gasteiger partial charge in [0.2, 0.25) is 5.96 Å². The molecule has 1 aromatic carbocycles. The number of hydrogen-bond acceptors (Lipinski definition) is 3. The molecule has 0 radical (unpaired) electrons. The van der Waals surface area contributed by atoms with Gasteiger partial charge < -0.3 is 11.5 Å². The number of guanidine groups is 1. The van der Waals surface area contributed by atoms with Crippen molar-refractivity contribution in [1.29, 1.82) is 0 Å². The topological polar surface area (TPSA) is 89.6 Å². The molecule has 0 saturated carbocycles. The summed E-state index contributed by atoms with van der Waals surface area (Å²) in [6, 6.07) is 14.5. The Morgan fingerprint density at radius 2 is 1.83 bits per heavy atom. The number of halogens is 1. The molecule has 1 aliphatic carbocycles. The Morgan fingerprint density at radius 3 is 2.52 bits per heavy atom. The fraction of sp³-hybridized carbons (Fsp3) is 0.235. The fourth-order valence-electron chi connectivity index (χ4n) is 2.85. The van der Waals surface area contributed by atoms with Gasteiger partial charge in [0.25, 0.3) is 0 Å². The quantitative estimate of drug-likeness (QED) is 0.504. The molecule has 1 unspecified atom stereocenters. The third-order valence-corrected chi connectivity index (χ3v) is 3.86. The molecule has 4 N–H and O–H groups in total. The summed E-state index contributed by atoms with van der Waals surface area (Å²) in [5, 5.41) is 8.07. The molecule has 0 spiro atoms. The predicted molar refractivity (Wildman–Crippen MR) is 96.1 cm³/mol. The van der Waals surface area contributed by atoms with Gasteiger partial charge in [-0.3, -0.25) is 4.98 Å². The highest BCUT2D eigenvalue weighted by Gasteiger charge is 2.26. The van der Waals surface area contributed by atoms with Gasteiger partial charge in [-0.25, -0.2) is 0 Å². The third-order valence-electron chi connectivity index (χ3n) is 3.86. The molecule has 1 aliphatic rings. The van der Waals surface area contributed by atoms with E-state index in [0.717, 1.165) is 35.5 Å². The number of fused-ring (bicyclic) bond motifs is 1. The number of rotatable bonds is 2. The van der Waals surface area contributed by atoms with Crippen LogP contribution in [0.2, 0.25) is 0 Å². The van der Waals surface area contributed by atoms with Gasteiger partial charge in [-0.15, -0.1) is 17.5 Å². The highest BCUT2D eigenvalue weighted by Crippen LogP contribution is 2.32. The van der Waals surface area contributed by atoms with E-state index in [9.17, 15) is 0 Å². The van der Waals surface area contributed by atoms with Crippen molar-refractivity contribution in [3.63, 3.8) is 0 Å².